The number of aryl methyl sites for hydroxylation is 1. The first-order valence-electron chi connectivity index (χ1n) is 9.58. The monoisotopic (exact) mass is 329 g/mol. The van der Waals surface area contributed by atoms with Crippen LogP contribution in [0.1, 0.15) is 58.8 Å². The van der Waals surface area contributed by atoms with E-state index in [0.29, 0.717) is 6.73 Å². The van der Waals surface area contributed by atoms with Crippen LogP contribution >= 0.6 is 0 Å². The number of aromatic nitrogens is 2. The van der Waals surface area contributed by atoms with Gasteiger partial charge in [0.1, 0.15) is 12.4 Å². The van der Waals surface area contributed by atoms with Crippen molar-refractivity contribution >= 4 is 0 Å². The molecule has 0 radical (unpaired) electrons. The van der Waals surface area contributed by atoms with Gasteiger partial charge in [-0.1, -0.05) is 63.6 Å². The van der Waals surface area contributed by atoms with E-state index in [1.54, 1.807) is 0 Å². The predicted molar refractivity (Wildman–Crippen MR) is 99.7 cm³/mol. The van der Waals surface area contributed by atoms with Crippen molar-refractivity contribution in [1.82, 2.24) is 4.57 Å². The van der Waals surface area contributed by atoms with Crippen LogP contribution in [0.25, 0.3) is 11.4 Å². The van der Waals surface area contributed by atoms with Crippen LogP contribution in [-0.4, -0.2) is 11.2 Å². The SMILES string of the molecule is CCCCCCCCCOC[n+]1ccn(CC)c1-c1ccccc1. The van der Waals surface area contributed by atoms with E-state index in [2.05, 4.69) is 65.7 Å². The van der Waals surface area contributed by atoms with Gasteiger partial charge in [-0.2, -0.15) is 0 Å². The molecule has 0 spiro atoms. The first-order chi connectivity index (χ1) is 11.9. The Morgan fingerprint density at radius 3 is 2.33 bits per heavy atom. The van der Waals surface area contributed by atoms with Gasteiger partial charge in [-0.05, 0) is 25.5 Å². The third-order valence-corrected chi connectivity index (χ3v) is 4.47. The minimum absolute atomic E-state index is 0.632. The number of ether oxygens (including phenoxy) is 1. The molecule has 0 unspecified atom stereocenters. The van der Waals surface area contributed by atoms with Gasteiger partial charge in [-0.15, -0.1) is 0 Å². The standard InChI is InChI=1S/C21H33N2O/c1-3-5-6-7-8-9-13-18-24-19-23-17-16-22(4-2)21(23)20-14-11-10-12-15-20/h10-12,14-17H,3-9,13,18-19H2,1-2H3/q+1. The molecule has 0 saturated heterocycles. The summed E-state index contributed by atoms with van der Waals surface area (Å²) in [5.41, 5.74) is 1.24. The molecular formula is C21H33N2O+. The predicted octanol–water partition coefficient (Wildman–Crippen LogP) is 5.19. The fraction of sp³-hybridized carbons (Fsp3) is 0.571. The van der Waals surface area contributed by atoms with E-state index in [1.807, 2.05) is 0 Å². The molecule has 1 aromatic heterocycles. The van der Waals surface area contributed by atoms with Crippen LogP contribution in [0, 0.1) is 0 Å². The highest BCUT2D eigenvalue weighted by atomic mass is 16.5. The van der Waals surface area contributed by atoms with Crippen LogP contribution in [0.5, 0.6) is 0 Å². The highest BCUT2D eigenvalue weighted by Gasteiger charge is 2.17. The smallest absolute Gasteiger partial charge is 0.290 e. The van der Waals surface area contributed by atoms with Gasteiger partial charge >= 0.3 is 0 Å². The summed E-state index contributed by atoms with van der Waals surface area (Å²) in [6, 6.07) is 10.6. The fourth-order valence-electron chi connectivity index (χ4n) is 3.07. The average molecular weight is 330 g/mol. The summed E-state index contributed by atoms with van der Waals surface area (Å²) < 4.78 is 10.4. The minimum atomic E-state index is 0.632. The van der Waals surface area contributed by atoms with Crippen LogP contribution < -0.4 is 4.57 Å². The van der Waals surface area contributed by atoms with Crippen LogP contribution in [-0.2, 0) is 18.0 Å². The van der Waals surface area contributed by atoms with Crippen molar-refractivity contribution in [3.63, 3.8) is 0 Å². The van der Waals surface area contributed by atoms with Crippen molar-refractivity contribution in [2.45, 2.75) is 72.1 Å². The molecular weight excluding hydrogens is 296 g/mol. The number of hydrogen-bond acceptors (Lipinski definition) is 1. The summed E-state index contributed by atoms with van der Waals surface area (Å²) in [5, 5.41) is 0. The molecule has 0 bridgehead atoms. The topological polar surface area (TPSA) is 18.0 Å². The fourth-order valence-corrected chi connectivity index (χ4v) is 3.07. The zero-order valence-electron chi connectivity index (χ0n) is 15.4. The molecule has 24 heavy (non-hydrogen) atoms. The quantitative estimate of drug-likeness (QED) is 0.387. The minimum Gasteiger partial charge on any atom is -0.342 e. The van der Waals surface area contributed by atoms with Gasteiger partial charge in [0.05, 0.1) is 18.7 Å². The lowest BCUT2D eigenvalue weighted by molar-refractivity contribution is -0.722. The molecule has 0 N–H and O–H groups in total. The van der Waals surface area contributed by atoms with Crippen molar-refractivity contribution in [3.05, 3.63) is 42.7 Å². The van der Waals surface area contributed by atoms with Gasteiger partial charge in [0.2, 0.25) is 0 Å². The molecule has 132 valence electrons. The summed E-state index contributed by atoms with van der Waals surface area (Å²) in [6.07, 6.45) is 13.5. The largest absolute Gasteiger partial charge is 0.342 e. The molecule has 0 saturated carbocycles. The summed E-state index contributed by atoms with van der Waals surface area (Å²) in [7, 11) is 0. The maximum Gasteiger partial charge on any atom is 0.290 e. The molecule has 0 aliphatic rings. The zero-order valence-corrected chi connectivity index (χ0v) is 15.4. The lowest BCUT2D eigenvalue weighted by Crippen LogP contribution is -2.36. The lowest BCUT2D eigenvalue weighted by atomic mass is 10.1. The van der Waals surface area contributed by atoms with Gasteiger partial charge < -0.3 is 4.74 Å². The van der Waals surface area contributed by atoms with Crippen molar-refractivity contribution < 1.29 is 9.30 Å². The molecule has 0 amide bonds. The van der Waals surface area contributed by atoms with Crippen molar-refractivity contribution in [1.29, 1.82) is 0 Å². The van der Waals surface area contributed by atoms with Gasteiger partial charge in [0.25, 0.3) is 5.82 Å². The van der Waals surface area contributed by atoms with Crippen LogP contribution in [0.15, 0.2) is 42.7 Å². The van der Waals surface area contributed by atoms with Crippen LogP contribution in [0.4, 0.5) is 0 Å². The van der Waals surface area contributed by atoms with Gasteiger partial charge in [-0.25, -0.2) is 9.13 Å². The Labute approximate surface area is 147 Å². The lowest BCUT2D eigenvalue weighted by Gasteiger charge is -2.06. The Bertz CT molecular complexity index is 562. The first kappa shape index (κ1) is 18.7. The van der Waals surface area contributed by atoms with Crippen LogP contribution in [0.3, 0.4) is 0 Å². The second-order valence-electron chi connectivity index (χ2n) is 6.40. The molecule has 2 rings (SSSR count). The second-order valence-corrected chi connectivity index (χ2v) is 6.40. The number of nitrogens with zero attached hydrogens (tertiary/aromatic N) is 2. The number of benzene rings is 1. The molecule has 3 heteroatoms. The number of imidazole rings is 1. The highest BCUT2D eigenvalue weighted by molar-refractivity contribution is 5.52. The summed E-state index contributed by atoms with van der Waals surface area (Å²) >= 11 is 0. The first-order valence-corrected chi connectivity index (χ1v) is 9.58. The zero-order chi connectivity index (χ0) is 17.0. The van der Waals surface area contributed by atoms with E-state index in [-0.39, 0.29) is 0 Å². The molecule has 1 heterocycles. The molecule has 2 aromatic rings. The maximum absolute atomic E-state index is 5.92. The third kappa shape index (κ3) is 5.79. The summed E-state index contributed by atoms with van der Waals surface area (Å²) in [6.45, 7) is 6.89. The molecule has 0 aliphatic carbocycles. The summed E-state index contributed by atoms with van der Waals surface area (Å²) in [4.78, 5) is 0. The van der Waals surface area contributed by atoms with Crippen molar-refractivity contribution in [2.24, 2.45) is 0 Å². The Balaban J connectivity index is 1.76. The number of rotatable bonds is 12. The van der Waals surface area contributed by atoms with E-state index in [9.17, 15) is 0 Å². The van der Waals surface area contributed by atoms with Gasteiger partial charge in [-0.3, -0.25) is 0 Å². The van der Waals surface area contributed by atoms with E-state index >= 15 is 0 Å². The Morgan fingerprint density at radius 1 is 0.917 bits per heavy atom. The average Bonchev–Trinajstić information content (AvgIpc) is 3.04. The van der Waals surface area contributed by atoms with Gasteiger partial charge in [0, 0.05) is 0 Å². The Kier molecular flexibility index (Phi) is 8.61. The summed E-state index contributed by atoms with van der Waals surface area (Å²) in [5.74, 6) is 1.22. The molecule has 0 aliphatic heterocycles. The Morgan fingerprint density at radius 2 is 1.62 bits per heavy atom. The van der Waals surface area contributed by atoms with E-state index in [0.717, 1.165) is 13.2 Å². The second kappa shape index (κ2) is 11.0. The molecule has 0 atom stereocenters. The van der Waals surface area contributed by atoms with E-state index in [1.165, 1.54) is 56.3 Å². The van der Waals surface area contributed by atoms with Gasteiger partial charge in [0.15, 0.2) is 6.73 Å². The maximum atomic E-state index is 5.92. The molecule has 1 aromatic carbocycles. The van der Waals surface area contributed by atoms with Crippen LogP contribution in [0.2, 0.25) is 0 Å². The van der Waals surface area contributed by atoms with Crippen molar-refractivity contribution in [3.8, 4) is 11.4 Å². The number of unbranched alkanes of at least 4 members (excludes halogenated alkanes) is 6. The number of hydrogen-bond donors (Lipinski definition) is 0. The van der Waals surface area contributed by atoms with E-state index < -0.39 is 0 Å². The molecule has 0 fully saturated rings. The Hall–Kier alpha value is -1.61. The normalized spacial score (nSPS) is 11.1. The third-order valence-electron chi connectivity index (χ3n) is 4.47. The van der Waals surface area contributed by atoms with Crippen molar-refractivity contribution in [2.75, 3.05) is 6.61 Å². The molecule has 3 nitrogen and oxygen atoms in total. The van der Waals surface area contributed by atoms with E-state index in [4.69, 9.17) is 4.74 Å². The highest BCUT2D eigenvalue weighted by Crippen LogP contribution is 2.15.